The molecule has 8 heteroatoms. The summed E-state index contributed by atoms with van der Waals surface area (Å²) in [4.78, 5) is 15.6. The average Bonchev–Trinajstić information content (AvgIpc) is 3.15. The molecule has 2 aromatic carbocycles. The van der Waals surface area contributed by atoms with E-state index in [0.29, 0.717) is 34.3 Å². The number of H-pyrrole nitrogens is 1. The van der Waals surface area contributed by atoms with Crippen molar-refractivity contribution in [3.05, 3.63) is 76.2 Å². The summed E-state index contributed by atoms with van der Waals surface area (Å²) in [5.41, 5.74) is 1.11. The second kappa shape index (κ2) is 9.18. The molecule has 1 aromatic heterocycles. The number of aryl methyl sites for hydroxylation is 1. The van der Waals surface area contributed by atoms with Crippen molar-refractivity contribution in [2.45, 2.75) is 25.1 Å². The summed E-state index contributed by atoms with van der Waals surface area (Å²) in [6, 6.07) is 13.2. The zero-order valence-corrected chi connectivity index (χ0v) is 15.8. The Morgan fingerprint density at radius 3 is 2.64 bits per heavy atom. The Morgan fingerprint density at radius 2 is 2.00 bits per heavy atom. The standard InChI is InChI=1S/C20H18FN3O3S/c1-2-18-22-20(24-23-18)28-17(19(25)26)11-13-7-9-15(10-8-13)27-12-14-5-3-4-6-16(14)21/h3-11H,2,12H2,1H3,(H,25,26)(H,22,23,24)/p-1/b17-11-. The second-order valence-electron chi connectivity index (χ2n) is 5.77. The van der Waals surface area contributed by atoms with Gasteiger partial charge >= 0.3 is 0 Å². The lowest BCUT2D eigenvalue weighted by atomic mass is 10.2. The SMILES string of the molecule is CCc1nc(S/C(=C\c2ccc(OCc3ccccc3F)cc2)C(=O)[O-])n[nH]1. The summed E-state index contributed by atoms with van der Waals surface area (Å²) >= 11 is 0.914. The number of aromatic nitrogens is 3. The van der Waals surface area contributed by atoms with Crippen LogP contribution < -0.4 is 9.84 Å². The highest BCUT2D eigenvalue weighted by molar-refractivity contribution is 8.04. The lowest BCUT2D eigenvalue weighted by molar-refractivity contribution is -0.297. The van der Waals surface area contributed by atoms with E-state index >= 15 is 0 Å². The number of halogens is 1. The van der Waals surface area contributed by atoms with Crippen molar-refractivity contribution in [1.82, 2.24) is 15.2 Å². The third-order valence-corrected chi connectivity index (χ3v) is 4.65. The second-order valence-corrected chi connectivity index (χ2v) is 6.77. The van der Waals surface area contributed by atoms with Crippen molar-refractivity contribution in [1.29, 1.82) is 0 Å². The zero-order chi connectivity index (χ0) is 19.9. The molecule has 28 heavy (non-hydrogen) atoms. The fourth-order valence-corrected chi connectivity index (χ4v) is 3.02. The van der Waals surface area contributed by atoms with Gasteiger partial charge in [-0.25, -0.2) is 9.37 Å². The predicted molar refractivity (Wildman–Crippen MR) is 102 cm³/mol. The van der Waals surface area contributed by atoms with Crippen molar-refractivity contribution >= 4 is 23.8 Å². The molecule has 3 aromatic rings. The first-order chi connectivity index (χ1) is 13.5. The summed E-state index contributed by atoms with van der Waals surface area (Å²) < 4.78 is 19.2. The van der Waals surface area contributed by atoms with Gasteiger partial charge in [0, 0.05) is 16.9 Å². The summed E-state index contributed by atoms with van der Waals surface area (Å²) in [7, 11) is 0. The topological polar surface area (TPSA) is 90.9 Å². The number of carboxylic acids is 1. The van der Waals surface area contributed by atoms with Crippen LogP contribution in [0.15, 0.2) is 58.6 Å². The fourth-order valence-electron chi connectivity index (χ4n) is 2.30. The van der Waals surface area contributed by atoms with Crippen LogP contribution in [-0.4, -0.2) is 21.2 Å². The maximum Gasteiger partial charge on any atom is 0.213 e. The van der Waals surface area contributed by atoms with Gasteiger partial charge in [-0.3, -0.25) is 5.10 Å². The number of benzene rings is 2. The van der Waals surface area contributed by atoms with Crippen molar-refractivity contribution in [2.24, 2.45) is 0 Å². The van der Waals surface area contributed by atoms with E-state index in [-0.39, 0.29) is 17.3 Å². The van der Waals surface area contributed by atoms with Crippen LogP contribution in [0.1, 0.15) is 23.9 Å². The highest BCUT2D eigenvalue weighted by atomic mass is 32.2. The van der Waals surface area contributed by atoms with E-state index in [2.05, 4.69) is 15.2 Å². The first-order valence-electron chi connectivity index (χ1n) is 8.53. The number of thioether (sulfide) groups is 1. The predicted octanol–water partition coefficient (Wildman–Crippen LogP) is 2.97. The Morgan fingerprint density at radius 1 is 1.25 bits per heavy atom. The number of aromatic amines is 1. The Balaban J connectivity index is 1.68. The molecule has 1 N–H and O–H groups in total. The number of carbonyl (C=O) groups excluding carboxylic acids is 1. The molecule has 0 aliphatic carbocycles. The highest BCUT2D eigenvalue weighted by Crippen LogP contribution is 2.26. The first kappa shape index (κ1) is 19.6. The molecule has 0 saturated heterocycles. The molecule has 0 unspecified atom stereocenters. The van der Waals surface area contributed by atoms with Crippen LogP contribution in [0.4, 0.5) is 4.39 Å². The number of nitrogens with one attached hydrogen (secondary N) is 1. The van der Waals surface area contributed by atoms with Crippen molar-refractivity contribution in [3.8, 4) is 5.75 Å². The van der Waals surface area contributed by atoms with Crippen LogP contribution in [0.3, 0.4) is 0 Å². The number of hydrogen-bond acceptors (Lipinski definition) is 6. The number of aliphatic carboxylic acids is 1. The molecular weight excluding hydrogens is 381 g/mol. The van der Waals surface area contributed by atoms with Gasteiger partial charge in [0.1, 0.15) is 24.0 Å². The number of carboxylic acid groups (broad SMARTS) is 1. The molecule has 0 fully saturated rings. The lowest BCUT2D eigenvalue weighted by Crippen LogP contribution is -2.23. The maximum atomic E-state index is 13.6. The molecule has 0 aliphatic heterocycles. The van der Waals surface area contributed by atoms with Gasteiger partial charge in [-0.15, -0.1) is 5.10 Å². The third kappa shape index (κ3) is 5.20. The molecule has 0 amide bonds. The van der Waals surface area contributed by atoms with Crippen molar-refractivity contribution < 1.29 is 19.0 Å². The summed E-state index contributed by atoms with van der Waals surface area (Å²) in [5.74, 6) is -0.412. The number of nitrogens with zero attached hydrogens (tertiary/aromatic N) is 2. The Bertz CT molecular complexity index is 986. The molecule has 6 nitrogen and oxygen atoms in total. The number of ether oxygens (including phenoxy) is 1. The molecule has 1 heterocycles. The largest absolute Gasteiger partial charge is 0.544 e. The smallest absolute Gasteiger partial charge is 0.213 e. The van der Waals surface area contributed by atoms with E-state index in [4.69, 9.17) is 4.74 Å². The summed E-state index contributed by atoms with van der Waals surface area (Å²) in [6.45, 7) is 2.02. The quantitative estimate of drug-likeness (QED) is 0.463. The van der Waals surface area contributed by atoms with Gasteiger partial charge in [-0.1, -0.05) is 37.3 Å². The normalized spacial score (nSPS) is 11.4. The van der Waals surface area contributed by atoms with Crippen LogP contribution in [-0.2, 0) is 17.8 Å². The van der Waals surface area contributed by atoms with E-state index in [1.54, 1.807) is 42.5 Å². The van der Waals surface area contributed by atoms with E-state index in [1.165, 1.54) is 12.1 Å². The van der Waals surface area contributed by atoms with Gasteiger partial charge in [-0.2, -0.15) is 0 Å². The molecule has 0 aliphatic rings. The van der Waals surface area contributed by atoms with Gasteiger partial charge < -0.3 is 14.6 Å². The summed E-state index contributed by atoms with van der Waals surface area (Å²) in [5, 5.41) is 18.4. The van der Waals surface area contributed by atoms with Crippen molar-refractivity contribution in [2.75, 3.05) is 0 Å². The minimum Gasteiger partial charge on any atom is -0.544 e. The minimum absolute atomic E-state index is 0.0123. The monoisotopic (exact) mass is 398 g/mol. The average molecular weight is 398 g/mol. The third-order valence-electron chi connectivity index (χ3n) is 3.78. The summed E-state index contributed by atoms with van der Waals surface area (Å²) in [6.07, 6.45) is 2.15. The van der Waals surface area contributed by atoms with E-state index in [0.717, 1.165) is 11.8 Å². The minimum atomic E-state index is -1.31. The zero-order valence-electron chi connectivity index (χ0n) is 15.0. The molecular formula is C20H17FN3O3S-. The maximum absolute atomic E-state index is 13.6. The van der Waals surface area contributed by atoms with Crippen LogP contribution in [0, 0.1) is 5.82 Å². The first-order valence-corrected chi connectivity index (χ1v) is 9.35. The molecule has 0 atom stereocenters. The van der Waals surface area contributed by atoms with Crippen molar-refractivity contribution in [3.63, 3.8) is 0 Å². The highest BCUT2D eigenvalue weighted by Gasteiger charge is 2.08. The van der Waals surface area contributed by atoms with E-state index < -0.39 is 5.97 Å². The Kier molecular flexibility index (Phi) is 6.44. The van der Waals surface area contributed by atoms with Gasteiger partial charge in [0.15, 0.2) is 0 Å². The lowest BCUT2D eigenvalue weighted by Gasteiger charge is -2.08. The van der Waals surface area contributed by atoms with Crippen LogP contribution in [0.5, 0.6) is 5.75 Å². The van der Waals surface area contributed by atoms with E-state index in [9.17, 15) is 14.3 Å². The van der Waals surface area contributed by atoms with Gasteiger partial charge in [-0.05, 0) is 41.6 Å². The molecule has 3 rings (SSSR count). The van der Waals surface area contributed by atoms with Crippen LogP contribution in [0.25, 0.3) is 6.08 Å². The number of hydrogen-bond donors (Lipinski definition) is 1. The Hall–Kier alpha value is -3.13. The molecule has 0 bridgehead atoms. The van der Waals surface area contributed by atoms with Gasteiger partial charge in [0.25, 0.3) is 0 Å². The number of carbonyl (C=O) groups is 1. The van der Waals surface area contributed by atoms with E-state index in [1.807, 2.05) is 6.92 Å². The number of rotatable bonds is 8. The molecule has 144 valence electrons. The molecule has 0 radical (unpaired) electrons. The Labute approximate surface area is 165 Å². The fraction of sp³-hybridized carbons (Fsp3) is 0.150. The van der Waals surface area contributed by atoms with Crippen LogP contribution >= 0.6 is 11.8 Å². The molecule has 0 saturated carbocycles. The molecule has 0 spiro atoms. The van der Waals surface area contributed by atoms with Gasteiger partial charge in [0.05, 0.1) is 5.97 Å². The van der Waals surface area contributed by atoms with Crippen LogP contribution in [0.2, 0.25) is 0 Å². The van der Waals surface area contributed by atoms with Gasteiger partial charge in [0.2, 0.25) is 5.16 Å².